The molecule has 2 atom stereocenters. The van der Waals surface area contributed by atoms with Crippen molar-refractivity contribution in [3.63, 3.8) is 0 Å². The van der Waals surface area contributed by atoms with Gasteiger partial charge in [0.1, 0.15) is 0 Å². The van der Waals surface area contributed by atoms with Crippen LogP contribution in [0.2, 0.25) is 13.1 Å². The molecule has 306 valence electrons. The summed E-state index contributed by atoms with van der Waals surface area (Å²) in [5, 5.41) is 3.71. The number of fused-ring (bicyclic) bond motifs is 8. The zero-order valence-electron chi connectivity index (χ0n) is 37.4. The van der Waals surface area contributed by atoms with Crippen molar-refractivity contribution in [1.29, 1.82) is 0 Å². The summed E-state index contributed by atoms with van der Waals surface area (Å²) in [6.45, 7) is 15.0. The molecule has 0 amide bonds. The molecular weight excluding hydrogens is 792 g/mol. The van der Waals surface area contributed by atoms with E-state index in [4.69, 9.17) is 0 Å². The molecule has 4 bridgehead atoms. The third-order valence-electron chi connectivity index (χ3n) is 14.0. The SMILES string of the molecule is CCCCCCC1=C2c3c(-c4ccc(CCCCCC)cc4)cccc3[CH]1[Zr][CH]1C(CCCCCC)=C(c3c(-c4ccc(CCCCCC)cc4)cccc31)[Si]2(C)C. The van der Waals surface area contributed by atoms with Crippen molar-refractivity contribution in [3.05, 3.63) is 129 Å². The Hall–Kier alpha value is -2.54. The molecule has 58 heavy (non-hydrogen) atoms. The Morgan fingerprint density at radius 3 is 1.14 bits per heavy atom. The molecule has 7 rings (SSSR count). The van der Waals surface area contributed by atoms with Crippen LogP contribution in [-0.2, 0) is 36.1 Å². The Bertz CT molecular complexity index is 1880. The van der Waals surface area contributed by atoms with E-state index in [9.17, 15) is 0 Å². The van der Waals surface area contributed by atoms with E-state index in [1.807, 2.05) is 21.5 Å². The average molecular weight is 867 g/mol. The molecule has 4 aromatic carbocycles. The predicted molar refractivity (Wildman–Crippen MR) is 254 cm³/mol. The van der Waals surface area contributed by atoms with Gasteiger partial charge in [-0.05, 0) is 0 Å². The Kier molecular flexibility index (Phi) is 15.6. The molecule has 0 radical (unpaired) electrons. The molecule has 0 N–H and O–H groups in total. The van der Waals surface area contributed by atoms with Crippen molar-refractivity contribution in [1.82, 2.24) is 0 Å². The van der Waals surface area contributed by atoms with Gasteiger partial charge in [0, 0.05) is 0 Å². The van der Waals surface area contributed by atoms with Crippen LogP contribution in [-0.4, -0.2) is 8.07 Å². The Morgan fingerprint density at radius 2 is 0.776 bits per heavy atom. The average Bonchev–Trinajstić information content (AvgIpc) is 3.76. The minimum absolute atomic E-state index is 0.679. The van der Waals surface area contributed by atoms with Crippen LogP contribution in [0.4, 0.5) is 0 Å². The van der Waals surface area contributed by atoms with Gasteiger partial charge in [0.15, 0.2) is 0 Å². The maximum absolute atomic E-state index is 2.80. The van der Waals surface area contributed by atoms with E-state index in [-0.39, 0.29) is 0 Å². The van der Waals surface area contributed by atoms with Crippen LogP contribution in [0.3, 0.4) is 0 Å². The first-order valence-electron chi connectivity index (χ1n) is 24.1. The molecule has 0 saturated carbocycles. The summed E-state index contributed by atoms with van der Waals surface area (Å²) in [6.07, 6.45) is 26.4. The molecule has 0 fully saturated rings. The summed E-state index contributed by atoms with van der Waals surface area (Å²) < 4.78 is 1.36. The number of allylic oxidation sites excluding steroid dienone is 2. The van der Waals surface area contributed by atoms with Crippen molar-refractivity contribution in [3.8, 4) is 22.3 Å². The predicted octanol–water partition coefficient (Wildman–Crippen LogP) is 17.4. The zero-order chi connectivity index (χ0) is 40.5. The van der Waals surface area contributed by atoms with E-state index in [0.29, 0.717) is 7.25 Å². The van der Waals surface area contributed by atoms with Gasteiger partial charge in [-0.3, -0.25) is 0 Å². The fraction of sp³-hybridized carbons (Fsp3) is 0.500. The second-order valence-corrected chi connectivity index (χ2v) is 26.5. The van der Waals surface area contributed by atoms with Crippen molar-refractivity contribution in [2.24, 2.45) is 0 Å². The molecule has 4 aromatic rings. The second-order valence-electron chi connectivity index (χ2n) is 18.6. The van der Waals surface area contributed by atoms with Crippen LogP contribution < -0.4 is 0 Å². The number of unbranched alkanes of at least 4 members (excludes halogenated alkanes) is 12. The molecule has 0 nitrogen and oxygen atoms in total. The maximum atomic E-state index is 2.80. The van der Waals surface area contributed by atoms with Gasteiger partial charge < -0.3 is 0 Å². The normalized spacial score (nSPS) is 17.6. The van der Waals surface area contributed by atoms with Crippen LogP contribution in [0, 0.1) is 0 Å². The fourth-order valence-electron chi connectivity index (χ4n) is 11.0. The van der Waals surface area contributed by atoms with Gasteiger partial charge in [0.05, 0.1) is 0 Å². The topological polar surface area (TPSA) is 0 Å². The molecule has 3 aliphatic rings. The fourth-order valence-corrected chi connectivity index (χ4v) is 21.2. The second kappa shape index (κ2) is 20.8. The van der Waals surface area contributed by atoms with Crippen molar-refractivity contribution < 1.29 is 23.2 Å². The van der Waals surface area contributed by atoms with Gasteiger partial charge in [-0.1, -0.05) is 26.7 Å². The van der Waals surface area contributed by atoms with Crippen molar-refractivity contribution in [2.45, 2.75) is 176 Å². The molecule has 2 unspecified atom stereocenters. The van der Waals surface area contributed by atoms with Crippen LogP contribution in [0.25, 0.3) is 32.6 Å². The molecule has 1 heterocycles. The molecular formula is C56H74SiZr. The van der Waals surface area contributed by atoms with E-state index >= 15 is 0 Å². The monoisotopic (exact) mass is 864 g/mol. The van der Waals surface area contributed by atoms with E-state index in [1.165, 1.54) is 162 Å². The van der Waals surface area contributed by atoms with Gasteiger partial charge in [0.2, 0.25) is 0 Å². The van der Waals surface area contributed by atoms with E-state index in [0.717, 1.165) is 0 Å². The quantitative estimate of drug-likeness (QED) is 0.0545. The number of hydrogen-bond donors (Lipinski definition) is 0. The first-order valence-corrected chi connectivity index (χ1v) is 29.9. The number of benzene rings is 4. The third-order valence-corrected chi connectivity index (χ3v) is 22.5. The molecule has 0 aromatic heterocycles. The molecule has 0 saturated heterocycles. The van der Waals surface area contributed by atoms with Crippen LogP contribution in [0.1, 0.15) is 184 Å². The zero-order valence-corrected chi connectivity index (χ0v) is 40.8. The standard InChI is InChI=1S/C56H74Si.Zr/c1-7-11-15-19-25-43-33-37-45(38-34-43)51-31-23-29-47-41-49(27-21-17-13-9-3)55(53(47)51)57(5,6)56-50(28-22-18-14-10-4)42-48-30-24-32-52(54(48)56)46-39-35-44(36-40-46)26-20-16-12-8-2;/h23-24,29-42H,7-22,25-28H2,1-6H3;. The van der Waals surface area contributed by atoms with Gasteiger partial charge >= 0.3 is 343 Å². The summed E-state index contributed by atoms with van der Waals surface area (Å²) >= 11 is -1.01. The van der Waals surface area contributed by atoms with Gasteiger partial charge in [-0.15, -0.1) is 0 Å². The Balaban J connectivity index is 1.35. The Labute approximate surface area is 367 Å². The number of rotatable bonds is 22. The molecule has 2 heteroatoms. The third kappa shape index (κ3) is 9.35. The van der Waals surface area contributed by atoms with Crippen LogP contribution in [0.5, 0.6) is 0 Å². The van der Waals surface area contributed by atoms with Crippen LogP contribution >= 0.6 is 0 Å². The summed E-state index contributed by atoms with van der Waals surface area (Å²) in [5.41, 5.74) is 19.5. The summed E-state index contributed by atoms with van der Waals surface area (Å²) in [6, 6.07) is 34.8. The number of hydrogen-bond acceptors (Lipinski definition) is 0. The van der Waals surface area contributed by atoms with Gasteiger partial charge in [-0.25, -0.2) is 0 Å². The first kappa shape index (κ1) is 43.5. The van der Waals surface area contributed by atoms with Crippen molar-refractivity contribution >= 4 is 18.5 Å². The summed E-state index contributed by atoms with van der Waals surface area (Å²) in [7, 11) is -2.23. The van der Waals surface area contributed by atoms with Gasteiger partial charge in [0.25, 0.3) is 0 Å². The van der Waals surface area contributed by atoms with E-state index < -0.39 is 31.3 Å². The summed E-state index contributed by atoms with van der Waals surface area (Å²) in [5.74, 6) is 0. The molecule has 1 aliphatic heterocycles. The number of aryl methyl sites for hydroxylation is 2. The summed E-state index contributed by atoms with van der Waals surface area (Å²) in [4.78, 5) is 0. The van der Waals surface area contributed by atoms with E-state index in [1.54, 1.807) is 22.3 Å². The Morgan fingerprint density at radius 1 is 0.414 bits per heavy atom. The first-order chi connectivity index (χ1) is 28.4. The van der Waals surface area contributed by atoms with Crippen LogP contribution in [0.15, 0.2) is 96.1 Å². The van der Waals surface area contributed by atoms with E-state index in [2.05, 4.69) is 126 Å². The van der Waals surface area contributed by atoms with Crippen molar-refractivity contribution in [2.75, 3.05) is 0 Å². The molecule has 0 spiro atoms. The van der Waals surface area contributed by atoms with Gasteiger partial charge in [-0.2, -0.15) is 0 Å². The molecule has 2 aliphatic carbocycles. The minimum atomic E-state index is -2.23.